The Morgan fingerprint density at radius 2 is 1.23 bits per heavy atom. The summed E-state index contributed by atoms with van der Waals surface area (Å²) in [6.45, 7) is 9.54. The van der Waals surface area contributed by atoms with E-state index < -0.39 is 0 Å². The second-order valence-corrected chi connectivity index (χ2v) is 13.1. The van der Waals surface area contributed by atoms with Gasteiger partial charge in [0.05, 0.1) is 0 Å². The molecule has 0 heterocycles. The van der Waals surface area contributed by atoms with Gasteiger partial charge in [0, 0.05) is 49.0 Å². The molecule has 4 N–H and O–H groups in total. The molecule has 48 heavy (non-hydrogen) atoms. The number of carbonyl (C=O) groups excluding carboxylic acids is 2. The number of rotatable bonds is 12. The summed E-state index contributed by atoms with van der Waals surface area (Å²) in [5.74, 6) is 0.104. The van der Waals surface area contributed by atoms with E-state index in [1.807, 2.05) is 84.3 Å². The maximum Gasteiger partial charge on any atom is 0.322 e. The molecule has 7 nitrogen and oxygen atoms in total. The van der Waals surface area contributed by atoms with Crippen LogP contribution < -0.4 is 16.4 Å². The van der Waals surface area contributed by atoms with Crippen molar-refractivity contribution in [3.63, 3.8) is 0 Å². The molecule has 2 atom stereocenters. The number of urea groups is 2. The summed E-state index contributed by atoms with van der Waals surface area (Å²) in [5, 5.41) is 6.17. The third kappa shape index (κ3) is 9.58. The number of benzene rings is 4. The number of amides is 4. The van der Waals surface area contributed by atoms with E-state index in [1.54, 1.807) is 0 Å². The standard InChI is InChI=1S/C41H49N5O2/c1-30-18-22-35(23-19-30)43-40(47)45(27-26-37(33-12-6-4-7-13-33)34-14-8-5-9-15-34)28-32(3)29-46(39-17-11-10-16-38(39)42)41(48)44-36-24-20-31(2)21-25-36/h4-9,12-15,18-25,37-39H,3,10-11,16-17,26-29,42H2,1-2H3,(H,43,47)(H,44,48)/t38-,39-/m1/s1. The van der Waals surface area contributed by atoms with E-state index in [0.717, 1.165) is 53.8 Å². The van der Waals surface area contributed by atoms with Gasteiger partial charge in [-0.2, -0.15) is 0 Å². The van der Waals surface area contributed by atoms with Crippen LogP contribution in [0.3, 0.4) is 0 Å². The Kier molecular flexibility index (Phi) is 12.1. The molecule has 0 unspecified atom stereocenters. The zero-order chi connectivity index (χ0) is 33.9. The summed E-state index contributed by atoms with van der Waals surface area (Å²) in [6, 6.07) is 35.8. The van der Waals surface area contributed by atoms with Gasteiger partial charge in [-0.3, -0.25) is 0 Å². The monoisotopic (exact) mass is 643 g/mol. The highest BCUT2D eigenvalue weighted by Crippen LogP contribution is 2.29. The van der Waals surface area contributed by atoms with Crippen LogP contribution in [0.5, 0.6) is 0 Å². The smallest absolute Gasteiger partial charge is 0.322 e. The number of nitrogens with zero attached hydrogens (tertiary/aromatic N) is 2. The molecule has 250 valence electrons. The second-order valence-electron chi connectivity index (χ2n) is 13.1. The maximum absolute atomic E-state index is 13.9. The fourth-order valence-electron chi connectivity index (χ4n) is 6.53. The Balaban J connectivity index is 1.36. The fourth-order valence-corrected chi connectivity index (χ4v) is 6.53. The highest BCUT2D eigenvalue weighted by Gasteiger charge is 2.32. The lowest BCUT2D eigenvalue weighted by Crippen LogP contribution is -2.54. The Bertz CT molecular complexity index is 1580. The van der Waals surface area contributed by atoms with Gasteiger partial charge in [-0.25, -0.2) is 9.59 Å². The number of hydrogen-bond donors (Lipinski definition) is 3. The topological polar surface area (TPSA) is 90.7 Å². The average molecular weight is 644 g/mol. The van der Waals surface area contributed by atoms with E-state index in [0.29, 0.717) is 26.1 Å². The summed E-state index contributed by atoms with van der Waals surface area (Å²) in [5.41, 5.74) is 13.5. The number of nitrogens with one attached hydrogen (secondary N) is 2. The largest absolute Gasteiger partial charge is 0.326 e. The molecule has 1 saturated carbocycles. The normalized spacial score (nSPS) is 15.8. The van der Waals surface area contributed by atoms with Gasteiger partial charge in [-0.15, -0.1) is 0 Å². The first-order valence-electron chi connectivity index (χ1n) is 17.1. The van der Waals surface area contributed by atoms with Crippen LogP contribution in [0.25, 0.3) is 0 Å². The minimum absolute atomic E-state index is 0.104. The minimum Gasteiger partial charge on any atom is -0.326 e. The Morgan fingerprint density at radius 1 is 0.729 bits per heavy atom. The lowest BCUT2D eigenvalue weighted by Gasteiger charge is -2.39. The van der Waals surface area contributed by atoms with E-state index in [9.17, 15) is 9.59 Å². The van der Waals surface area contributed by atoms with E-state index >= 15 is 0 Å². The summed E-state index contributed by atoms with van der Waals surface area (Å²) >= 11 is 0. The molecule has 5 rings (SSSR count). The van der Waals surface area contributed by atoms with Crippen LogP contribution in [0.1, 0.15) is 60.3 Å². The highest BCUT2D eigenvalue weighted by atomic mass is 16.2. The van der Waals surface area contributed by atoms with Gasteiger partial charge in [0.15, 0.2) is 0 Å². The SMILES string of the molecule is C=C(CN(CCC(c1ccccc1)c1ccccc1)C(=O)Nc1ccc(C)cc1)CN(C(=O)Nc1ccc(C)cc1)[C@@H]1CCCC[C@H]1N. The van der Waals surface area contributed by atoms with Crippen LogP contribution >= 0.6 is 0 Å². The zero-order valence-corrected chi connectivity index (χ0v) is 28.3. The Morgan fingerprint density at radius 3 is 1.75 bits per heavy atom. The van der Waals surface area contributed by atoms with Gasteiger partial charge in [0.1, 0.15) is 0 Å². The quantitative estimate of drug-likeness (QED) is 0.135. The molecular formula is C41H49N5O2. The summed E-state index contributed by atoms with van der Waals surface area (Å²) in [4.78, 5) is 31.4. The molecule has 4 aromatic carbocycles. The van der Waals surface area contributed by atoms with Crippen molar-refractivity contribution in [2.45, 2.75) is 64.0 Å². The first-order valence-corrected chi connectivity index (χ1v) is 17.1. The summed E-state index contributed by atoms with van der Waals surface area (Å²) in [7, 11) is 0. The molecule has 4 amide bonds. The minimum atomic E-state index is -0.204. The molecule has 4 aromatic rings. The van der Waals surface area contributed by atoms with Crippen molar-refractivity contribution in [3.8, 4) is 0 Å². The second kappa shape index (κ2) is 16.8. The van der Waals surface area contributed by atoms with E-state index in [1.165, 1.54) is 11.1 Å². The Hall–Kier alpha value is -4.88. The summed E-state index contributed by atoms with van der Waals surface area (Å²) < 4.78 is 0. The number of aryl methyl sites for hydroxylation is 2. The zero-order valence-electron chi connectivity index (χ0n) is 28.3. The predicted molar refractivity (Wildman–Crippen MR) is 197 cm³/mol. The lowest BCUT2D eigenvalue weighted by atomic mass is 9.88. The molecule has 0 radical (unpaired) electrons. The first kappa shape index (κ1) is 34.5. The van der Waals surface area contributed by atoms with Crippen LogP contribution in [-0.4, -0.2) is 53.6 Å². The molecular weight excluding hydrogens is 594 g/mol. The van der Waals surface area contributed by atoms with Crippen LogP contribution in [0.4, 0.5) is 21.0 Å². The van der Waals surface area contributed by atoms with Gasteiger partial charge in [-0.05, 0) is 74.1 Å². The third-order valence-corrected chi connectivity index (χ3v) is 9.24. The predicted octanol–water partition coefficient (Wildman–Crippen LogP) is 8.72. The number of carbonyl (C=O) groups is 2. The lowest BCUT2D eigenvalue weighted by molar-refractivity contribution is 0.160. The molecule has 0 aliphatic heterocycles. The van der Waals surface area contributed by atoms with Crippen molar-refractivity contribution in [3.05, 3.63) is 144 Å². The van der Waals surface area contributed by atoms with E-state index in [4.69, 9.17) is 5.73 Å². The van der Waals surface area contributed by atoms with E-state index in [2.05, 4.69) is 65.7 Å². The van der Waals surface area contributed by atoms with Crippen molar-refractivity contribution >= 4 is 23.4 Å². The van der Waals surface area contributed by atoms with Gasteiger partial charge in [0.25, 0.3) is 0 Å². The van der Waals surface area contributed by atoms with Crippen molar-refractivity contribution in [1.29, 1.82) is 0 Å². The maximum atomic E-state index is 13.9. The van der Waals surface area contributed by atoms with E-state index in [-0.39, 0.29) is 30.1 Å². The van der Waals surface area contributed by atoms with Crippen LogP contribution in [0.2, 0.25) is 0 Å². The summed E-state index contributed by atoms with van der Waals surface area (Å²) in [6.07, 6.45) is 4.50. The number of anilines is 2. The first-order chi connectivity index (χ1) is 23.3. The molecule has 1 fully saturated rings. The van der Waals surface area contributed by atoms with Gasteiger partial charge >= 0.3 is 12.1 Å². The van der Waals surface area contributed by atoms with Crippen LogP contribution in [-0.2, 0) is 0 Å². The van der Waals surface area contributed by atoms with Crippen LogP contribution in [0, 0.1) is 13.8 Å². The molecule has 1 aliphatic rings. The van der Waals surface area contributed by atoms with Crippen molar-refractivity contribution in [2.75, 3.05) is 30.3 Å². The fraction of sp³-hybridized carbons (Fsp3) is 0.317. The number of hydrogen-bond acceptors (Lipinski definition) is 3. The van der Waals surface area contributed by atoms with Crippen molar-refractivity contribution < 1.29 is 9.59 Å². The van der Waals surface area contributed by atoms with Gasteiger partial charge in [-0.1, -0.05) is 115 Å². The molecule has 7 heteroatoms. The molecule has 0 saturated heterocycles. The van der Waals surface area contributed by atoms with Crippen LogP contribution in [0.15, 0.2) is 121 Å². The van der Waals surface area contributed by atoms with Crippen molar-refractivity contribution in [2.24, 2.45) is 5.73 Å². The number of nitrogens with two attached hydrogens (primary N) is 1. The molecule has 0 spiro atoms. The van der Waals surface area contributed by atoms with Gasteiger partial charge < -0.3 is 26.2 Å². The Labute approximate surface area is 285 Å². The van der Waals surface area contributed by atoms with Gasteiger partial charge in [0.2, 0.25) is 0 Å². The highest BCUT2D eigenvalue weighted by molar-refractivity contribution is 5.90. The molecule has 0 aromatic heterocycles. The molecule has 0 bridgehead atoms. The average Bonchev–Trinajstić information content (AvgIpc) is 3.10. The molecule has 1 aliphatic carbocycles. The van der Waals surface area contributed by atoms with Crippen molar-refractivity contribution in [1.82, 2.24) is 9.80 Å². The third-order valence-electron chi connectivity index (χ3n) is 9.24.